The Balaban J connectivity index is 2.45. The maximum absolute atomic E-state index is 13.3. The minimum Gasteiger partial charge on any atom is -0.302 e. The number of carbonyl (C=O) groups is 2. The van der Waals surface area contributed by atoms with Crippen LogP contribution in [0, 0.1) is 17.5 Å². The van der Waals surface area contributed by atoms with Gasteiger partial charge in [-0.2, -0.15) is 0 Å². The second-order valence-electron chi connectivity index (χ2n) is 3.35. The molecule has 0 radical (unpaired) electrons. The molecule has 16 heavy (non-hydrogen) atoms. The quantitative estimate of drug-likeness (QED) is 0.539. The molecule has 1 aliphatic heterocycles. The molecule has 3 nitrogen and oxygen atoms in total. The monoisotopic (exact) mass is 229 g/mol. The van der Waals surface area contributed by atoms with Gasteiger partial charge >= 0.3 is 0 Å². The second-order valence-corrected chi connectivity index (χ2v) is 3.35. The number of hydrogen-bond acceptors (Lipinski definition) is 2. The maximum Gasteiger partial charge on any atom is 0.294 e. The summed E-state index contributed by atoms with van der Waals surface area (Å²) in [7, 11) is 0. The number of Topliss-reactive ketones (excluding diaryl/α,β-unsaturated/α-hetero) is 1. The van der Waals surface area contributed by atoms with Gasteiger partial charge in [-0.05, 0) is 0 Å². The maximum atomic E-state index is 13.3. The van der Waals surface area contributed by atoms with Crippen LogP contribution in [0.25, 0.3) is 0 Å². The highest BCUT2D eigenvalue weighted by molar-refractivity contribution is 6.43. The number of anilines is 1. The first-order valence-electron chi connectivity index (χ1n) is 4.50. The molecule has 0 aliphatic carbocycles. The first-order valence-corrected chi connectivity index (χ1v) is 4.50. The van der Waals surface area contributed by atoms with Crippen molar-refractivity contribution < 1.29 is 22.8 Å². The molecule has 1 aromatic carbocycles. The van der Waals surface area contributed by atoms with E-state index in [9.17, 15) is 22.8 Å². The van der Waals surface area contributed by atoms with Crippen molar-refractivity contribution in [2.45, 2.75) is 6.42 Å². The zero-order valence-corrected chi connectivity index (χ0v) is 7.97. The van der Waals surface area contributed by atoms with Crippen molar-refractivity contribution in [3.05, 3.63) is 29.6 Å². The van der Waals surface area contributed by atoms with Gasteiger partial charge in [0.15, 0.2) is 11.6 Å². The largest absolute Gasteiger partial charge is 0.302 e. The van der Waals surface area contributed by atoms with E-state index in [0.717, 1.165) is 4.90 Å². The van der Waals surface area contributed by atoms with E-state index in [1.165, 1.54) is 0 Å². The lowest BCUT2D eigenvalue weighted by molar-refractivity contribution is -0.133. The van der Waals surface area contributed by atoms with E-state index in [0.29, 0.717) is 12.1 Å². The number of carbonyl (C=O) groups excluding carboxylic acids is 2. The van der Waals surface area contributed by atoms with Crippen molar-refractivity contribution in [2.75, 3.05) is 11.4 Å². The SMILES string of the molecule is O=C1CCN(c2cc(F)c(F)cc2F)C1=O. The number of hydrogen-bond donors (Lipinski definition) is 0. The molecular formula is C10H6F3NO2. The molecule has 2 rings (SSSR count). The molecule has 1 saturated heterocycles. The lowest BCUT2D eigenvalue weighted by Gasteiger charge is -2.15. The summed E-state index contributed by atoms with van der Waals surface area (Å²) in [5, 5.41) is 0. The minimum atomic E-state index is -1.33. The summed E-state index contributed by atoms with van der Waals surface area (Å²) in [4.78, 5) is 23.0. The third-order valence-corrected chi connectivity index (χ3v) is 2.33. The highest BCUT2D eigenvalue weighted by atomic mass is 19.2. The molecule has 0 bridgehead atoms. The normalized spacial score (nSPS) is 16.1. The number of rotatable bonds is 1. The van der Waals surface area contributed by atoms with E-state index >= 15 is 0 Å². The Labute approximate surface area is 88.5 Å². The van der Waals surface area contributed by atoms with Crippen LogP contribution in [0.4, 0.5) is 18.9 Å². The average Bonchev–Trinajstić information content (AvgIpc) is 2.54. The van der Waals surface area contributed by atoms with Gasteiger partial charge in [0.05, 0.1) is 5.69 Å². The third kappa shape index (κ3) is 1.56. The topological polar surface area (TPSA) is 37.4 Å². The Kier molecular flexibility index (Phi) is 2.41. The Morgan fingerprint density at radius 1 is 1.00 bits per heavy atom. The summed E-state index contributed by atoms with van der Waals surface area (Å²) < 4.78 is 38.8. The zero-order valence-electron chi connectivity index (χ0n) is 7.97. The first kappa shape index (κ1) is 10.7. The minimum absolute atomic E-state index is 0.0142. The fraction of sp³-hybridized carbons (Fsp3) is 0.200. The molecular weight excluding hydrogens is 223 g/mol. The number of amides is 1. The molecule has 0 unspecified atom stereocenters. The predicted octanol–water partition coefficient (Wildman–Crippen LogP) is 1.41. The molecule has 0 spiro atoms. The average molecular weight is 229 g/mol. The van der Waals surface area contributed by atoms with Gasteiger partial charge < -0.3 is 4.90 Å². The molecule has 1 aromatic rings. The van der Waals surface area contributed by atoms with Gasteiger partial charge in [-0.25, -0.2) is 13.2 Å². The molecule has 0 atom stereocenters. The lowest BCUT2D eigenvalue weighted by atomic mass is 10.2. The Hall–Kier alpha value is -1.85. The number of nitrogens with zero attached hydrogens (tertiary/aromatic N) is 1. The van der Waals surface area contributed by atoms with Crippen LogP contribution < -0.4 is 4.90 Å². The lowest BCUT2D eigenvalue weighted by Crippen LogP contribution is -2.28. The summed E-state index contributed by atoms with van der Waals surface area (Å²) in [6, 6.07) is 0.919. The van der Waals surface area contributed by atoms with Gasteiger partial charge in [-0.1, -0.05) is 0 Å². The summed E-state index contributed by atoms with van der Waals surface area (Å²) in [6.07, 6.45) is -0.0444. The summed E-state index contributed by atoms with van der Waals surface area (Å²) in [5.74, 6) is -5.22. The van der Waals surface area contributed by atoms with E-state index in [1.54, 1.807) is 0 Å². The van der Waals surface area contributed by atoms with E-state index < -0.39 is 34.8 Å². The molecule has 84 valence electrons. The van der Waals surface area contributed by atoms with Crippen LogP contribution in [-0.4, -0.2) is 18.2 Å². The van der Waals surface area contributed by atoms with Crippen LogP contribution in [0.3, 0.4) is 0 Å². The fourth-order valence-corrected chi connectivity index (χ4v) is 1.52. The summed E-state index contributed by atoms with van der Waals surface area (Å²) >= 11 is 0. The van der Waals surface area contributed by atoms with Gasteiger partial charge in [0.1, 0.15) is 5.82 Å². The van der Waals surface area contributed by atoms with Crippen LogP contribution in [0.2, 0.25) is 0 Å². The van der Waals surface area contributed by atoms with Crippen LogP contribution in [0.5, 0.6) is 0 Å². The van der Waals surface area contributed by atoms with Gasteiger partial charge in [0, 0.05) is 25.1 Å². The molecule has 0 saturated carbocycles. The molecule has 0 aromatic heterocycles. The summed E-state index contributed by atoms with van der Waals surface area (Å²) in [5.41, 5.74) is -0.408. The highest BCUT2D eigenvalue weighted by Crippen LogP contribution is 2.25. The molecule has 1 fully saturated rings. The standard InChI is InChI=1S/C10H6F3NO2/c11-5-3-7(13)8(4-6(5)12)14-2-1-9(15)10(14)16/h3-4H,1-2H2. The van der Waals surface area contributed by atoms with E-state index in [4.69, 9.17) is 0 Å². The van der Waals surface area contributed by atoms with Crippen molar-refractivity contribution in [3.8, 4) is 0 Å². The Bertz CT molecular complexity index is 487. The number of benzene rings is 1. The third-order valence-electron chi connectivity index (χ3n) is 2.33. The van der Waals surface area contributed by atoms with Crippen LogP contribution in [0.15, 0.2) is 12.1 Å². The van der Waals surface area contributed by atoms with Crippen molar-refractivity contribution in [3.63, 3.8) is 0 Å². The van der Waals surface area contributed by atoms with Crippen LogP contribution in [-0.2, 0) is 9.59 Å². The Morgan fingerprint density at radius 2 is 1.62 bits per heavy atom. The van der Waals surface area contributed by atoms with Gasteiger partial charge in [-0.3, -0.25) is 9.59 Å². The van der Waals surface area contributed by atoms with E-state index in [-0.39, 0.29) is 13.0 Å². The van der Waals surface area contributed by atoms with Gasteiger partial charge in [-0.15, -0.1) is 0 Å². The van der Waals surface area contributed by atoms with E-state index in [2.05, 4.69) is 0 Å². The van der Waals surface area contributed by atoms with Crippen molar-refractivity contribution in [2.24, 2.45) is 0 Å². The second kappa shape index (κ2) is 3.62. The predicted molar refractivity (Wildman–Crippen MR) is 48.3 cm³/mol. The zero-order chi connectivity index (χ0) is 11.9. The first-order chi connectivity index (χ1) is 7.50. The Morgan fingerprint density at radius 3 is 2.19 bits per heavy atom. The fourth-order valence-electron chi connectivity index (χ4n) is 1.52. The van der Waals surface area contributed by atoms with Crippen molar-refractivity contribution in [1.29, 1.82) is 0 Å². The summed E-state index contributed by atoms with van der Waals surface area (Å²) in [6.45, 7) is -0.0142. The number of ketones is 1. The molecule has 1 aliphatic rings. The molecule has 6 heteroatoms. The highest BCUT2D eigenvalue weighted by Gasteiger charge is 2.32. The van der Waals surface area contributed by atoms with Crippen molar-refractivity contribution in [1.82, 2.24) is 0 Å². The molecule has 0 N–H and O–H groups in total. The smallest absolute Gasteiger partial charge is 0.294 e. The molecule has 1 heterocycles. The van der Waals surface area contributed by atoms with E-state index in [1.807, 2.05) is 0 Å². The van der Waals surface area contributed by atoms with Gasteiger partial charge in [0.25, 0.3) is 5.91 Å². The van der Waals surface area contributed by atoms with Crippen LogP contribution in [0.1, 0.15) is 6.42 Å². The van der Waals surface area contributed by atoms with Crippen LogP contribution >= 0.6 is 0 Å². The van der Waals surface area contributed by atoms with Gasteiger partial charge in [0.2, 0.25) is 5.78 Å². The van der Waals surface area contributed by atoms with Crippen molar-refractivity contribution >= 4 is 17.4 Å². The number of halogens is 3. The molecule has 1 amide bonds.